The summed E-state index contributed by atoms with van der Waals surface area (Å²) in [5, 5.41) is 9.44. The van der Waals surface area contributed by atoms with Gasteiger partial charge in [0.1, 0.15) is 5.40 Å². The van der Waals surface area contributed by atoms with Crippen LogP contribution >= 0.6 is 11.8 Å². The Kier molecular flexibility index (Phi) is 7.84. The number of nitrogens with zero attached hydrogens (tertiary/aromatic N) is 1. The molecule has 0 heterocycles. The number of nitriles is 1. The van der Waals surface area contributed by atoms with Crippen LogP contribution < -0.4 is 5.73 Å². The number of benzene rings is 2. The first-order valence-electron chi connectivity index (χ1n) is 8.15. The van der Waals surface area contributed by atoms with E-state index in [1.165, 1.54) is 16.7 Å². The van der Waals surface area contributed by atoms with E-state index in [1.807, 2.05) is 11.5 Å². The molecule has 0 unspecified atom stereocenters. The molecule has 0 aliphatic heterocycles. The van der Waals surface area contributed by atoms with Gasteiger partial charge < -0.3 is 10.5 Å². The molecule has 1 fully saturated rings. The molecule has 2 aromatic carbocycles. The fourth-order valence-corrected chi connectivity index (χ4v) is 2.64. The molecule has 0 spiro atoms. The average molecular weight is 340 g/mol. The lowest BCUT2D eigenvalue weighted by Gasteiger charge is -2.34. The zero-order chi connectivity index (χ0) is 17.2. The van der Waals surface area contributed by atoms with Crippen molar-refractivity contribution in [3.63, 3.8) is 0 Å². The van der Waals surface area contributed by atoms with Gasteiger partial charge in [0.25, 0.3) is 0 Å². The predicted molar refractivity (Wildman–Crippen MR) is 101 cm³/mol. The molecule has 1 aliphatic rings. The number of hydrogen-bond acceptors (Lipinski definition) is 4. The highest BCUT2D eigenvalue weighted by Crippen LogP contribution is 2.29. The second kappa shape index (κ2) is 10.1. The van der Waals surface area contributed by atoms with Gasteiger partial charge in [-0.15, -0.1) is 0 Å². The summed E-state index contributed by atoms with van der Waals surface area (Å²) in [4.78, 5) is 0. The Morgan fingerprint density at radius 3 is 2.21 bits per heavy atom. The van der Waals surface area contributed by atoms with E-state index >= 15 is 0 Å². The van der Waals surface area contributed by atoms with Crippen LogP contribution in [-0.4, -0.2) is 18.9 Å². The van der Waals surface area contributed by atoms with Crippen LogP contribution in [0, 0.1) is 16.6 Å². The highest BCUT2D eigenvalue weighted by atomic mass is 32.2. The van der Waals surface area contributed by atoms with Gasteiger partial charge in [-0.1, -0.05) is 54.6 Å². The summed E-state index contributed by atoms with van der Waals surface area (Å²) in [5.74, 6) is 0.681. The summed E-state index contributed by atoms with van der Waals surface area (Å²) < 4.78 is 5.89. The molecule has 126 valence electrons. The van der Waals surface area contributed by atoms with Gasteiger partial charge in [-0.25, -0.2) is 0 Å². The van der Waals surface area contributed by atoms with Crippen LogP contribution in [0.4, 0.5) is 0 Å². The van der Waals surface area contributed by atoms with Gasteiger partial charge in [-0.05, 0) is 60.0 Å². The molecule has 0 bridgehead atoms. The first-order chi connectivity index (χ1) is 11.8. The maximum Gasteiger partial charge on any atom is 0.133 e. The zero-order valence-corrected chi connectivity index (χ0v) is 14.8. The summed E-state index contributed by atoms with van der Waals surface area (Å²) in [6.45, 7) is 1.50. The Bertz CT molecular complexity index is 631. The molecule has 1 aliphatic carbocycles. The van der Waals surface area contributed by atoms with Crippen molar-refractivity contribution in [2.24, 2.45) is 11.7 Å². The van der Waals surface area contributed by atoms with E-state index in [2.05, 4.69) is 48.5 Å². The van der Waals surface area contributed by atoms with E-state index in [-0.39, 0.29) is 0 Å². The maximum atomic E-state index is 7.59. The van der Waals surface area contributed by atoms with Gasteiger partial charge >= 0.3 is 0 Å². The highest BCUT2D eigenvalue weighted by molar-refractivity contribution is 8.03. The fraction of sp³-hybridized carbons (Fsp3) is 0.350. The molecule has 0 aromatic heterocycles. The van der Waals surface area contributed by atoms with Crippen molar-refractivity contribution < 1.29 is 4.74 Å². The van der Waals surface area contributed by atoms with Crippen LogP contribution in [-0.2, 0) is 11.3 Å². The molecule has 0 saturated heterocycles. The molecule has 0 amide bonds. The smallest absolute Gasteiger partial charge is 0.133 e. The predicted octanol–water partition coefficient (Wildman–Crippen LogP) is 4.44. The minimum atomic E-state index is 0.414. The number of ether oxygens (including phenoxy) is 1. The quantitative estimate of drug-likeness (QED) is 0.818. The number of thiocyanates is 1. The molecular formula is C20H24N2OS. The summed E-state index contributed by atoms with van der Waals surface area (Å²) in [7, 11) is 0. The third-order valence-corrected chi connectivity index (χ3v) is 4.35. The van der Waals surface area contributed by atoms with Crippen molar-refractivity contribution in [3.05, 3.63) is 60.2 Å². The van der Waals surface area contributed by atoms with E-state index in [0.29, 0.717) is 18.6 Å². The topological polar surface area (TPSA) is 59.0 Å². The lowest BCUT2D eigenvalue weighted by molar-refractivity contribution is -0.0375. The number of nitrogens with two attached hydrogens (primary N) is 1. The SMILES string of the molecule is CSC#N.NCC1CC(OCc2ccc(-c3ccccc3)cc2)C1. The molecule has 2 N–H and O–H groups in total. The van der Waals surface area contributed by atoms with Crippen molar-refractivity contribution in [1.29, 1.82) is 5.26 Å². The lowest BCUT2D eigenvalue weighted by atomic mass is 9.82. The van der Waals surface area contributed by atoms with Crippen LogP contribution in [0.3, 0.4) is 0 Å². The first-order valence-corrected chi connectivity index (χ1v) is 9.37. The Morgan fingerprint density at radius 2 is 1.67 bits per heavy atom. The third-order valence-electron chi connectivity index (χ3n) is 4.16. The van der Waals surface area contributed by atoms with Gasteiger partial charge in [0, 0.05) is 0 Å². The summed E-state index contributed by atoms with van der Waals surface area (Å²) in [5.41, 5.74) is 9.36. The van der Waals surface area contributed by atoms with Crippen LogP contribution in [0.1, 0.15) is 18.4 Å². The summed E-state index contributed by atoms with van der Waals surface area (Å²) in [6, 6.07) is 19.1. The molecule has 0 atom stereocenters. The van der Waals surface area contributed by atoms with E-state index in [4.69, 9.17) is 15.7 Å². The van der Waals surface area contributed by atoms with E-state index in [1.54, 1.807) is 6.26 Å². The van der Waals surface area contributed by atoms with Crippen LogP contribution in [0.2, 0.25) is 0 Å². The van der Waals surface area contributed by atoms with E-state index in [9.17, 15) is 0 Å². The van der Waals surface area contributed by atoms with Crippen molar-refractivity contribution in [2.45, 2.75) is 25.6 Å². The second-order valence-corrected chi connectivity index (χ2v) is 6.46. The van der Waals surface area contributed by atoms with Gasteiger partial charge in [0.2, 0.25) is 0 Å². The third kappa shape index (κ3) is 5.68. The molecule has 3 nitrogen and oxygen atoms in total. The van der Waals surface area contributed by atoms with Gasteiger partial charge in [-0.2, -0.15) is 5.26 Å². The van der Waals surface area contributed by atoms with Crippen LogP contribution in [0.15, 0.2) is 54.6 Å². The molecule has 1 saturated carbocycles. The fourth-order valence-electron chi connectivity index (χ4n) is 2.64. The summed E-state index contributed by atoms with van der Waals surface area (Å²) >= 11 is 1.16. The minimum absolute atomic E-state index is 0.414. The highest BCUT2D eigenvalue weighted by Gasteiger charge is 2.28. The van der Waals surface area contributed by atoms with Crippen LogP contribution in [0.5, 0.6) is 0 Å². The average Bonchev–Trinajstić information content (AvgIpc) is 2.62. The van der Waals surface area contributed by atoms with Crippen molar-refractivity contribution in [3.8, 4) is 16.5 Å². The largest absolute Gasteiger partial charge is 0.374 e. The molecule has 0 radical (unpaired) electrons. The molecule has 2 aromatic rings. The van der Waals surface area contributed by atoms with E-state index in [0.717, 1.165) is 31.1 Å². The second-order valence-electron chi connectivity index (χ2n) is 5.86. The first kappa shape index (κ1) is 18.5. The van der Waals surface area contributed by atoms with Crippen LogP contribution in [0.25, 0.3) is 11.1 Å². The number of rotatable bonds is 5. The molecular weight excluding hydrogens is 316 g/mol. The lowest BCUT2D eigenvalue weighted by Crippen LogP contribution is -2.35. The number of thioether (sulfide) groups is 1. The Morgan fingerprint density at radius 1 is 1.08 bits per heavy atom. The monoisotopic (exact) mass is 340 g/mol. The Hall–Kier alpha value is -1.80. The van der Waals surface area contributed by atoms with Gasteiger partial charge in [0.15, 0.2) is 0 Å². The maximum absolute atomic E-state index is 7.59. The number of hydrogen-bond donors (Lipinski definition) is 1. The minimum Gasteiger partial charge on any atom is -0.374 e. The Balaban J connectivity index is 0.000000471. The van der Waals surface area contributed by atoms with E-state index < -0.39 is 0 Å². The van der Waals surface area contributed by atoms with Gasteiger partial charge in [0.05, 0.1) is 12.7 Å². The van der Waals surface area contributed by atoms with Crippen molar-refractivity contribution in [1.82, 2.24) is 0 Å². The zero-order valence-electron chi connectivity index (χ0n) is 14.0. The normalized spacial score (nSPS) is 18.7. The van der Waals surface area contributed by atoms with Crippen molar-refractivity contribution >= 4 is 11.8 Å². The standard InChI is InChI=1S/C18H21NO.C2H3NS/c19-12-15-10-18(11-15)20-13-14-6-8-17(9-7-14)16-4-2-1-3-5-16;1-4-2-3/h1-9,15,18H,10-13,19H2;1H3. The molecule has 3 rings (SSSR count). The van der Waals surface area contributed by atoms with Gasteiger partial charge in [-0.3, -0.25) is 0 Å². The molecule has 24 heavy (non-hydrogen) atoms. The summed E-state index contributed by atoms with van der Waals surface area (Å²) in [6.07, 6.45) is 4.40. The van der Waals surface area contributed by atoms with Crippen molar-refractivity contribution in [2.75, 3.05) is 12.8 Å². The molecule has 4 heteroatoms. The Labute approximate surface area is 148 Å².